The molecule has 0 amide bonds. The molecule has 5 nitrogen and oxygen atoms in total. The number of hydrogen-bond acceptors (Lipinski definition) is 5. The number of nitrogens with zero attached hydrogens (tertiary/aromatic N) is 2. The number of benzene rings is 1. The van der Waals surface area contributed by atoms with Crippen LogP contribution in [-0.2, 0) is 6.42 Å². The lowest BCUT2D eigenvalue weighted by Crippen LogP contribution is -2.12. The number of nitrogens with one attached hydrogen (secondary N) is 1. The third-order valence-corrected chi connectivity index (χ3v) is 2.90. The minimum Gasteiger partial charge on any atom is -0.497 e. The molecule has 94 valence electrons. The van der Waals surface area contributed by atoms with E-state index in [1.54, 1.807) is 7.11 Å². The fraction of sp³-hybridized carbons (Fsp3) is 0.167. The Bertz CT molecular complexity index is 530. The molecule has 3 N–H and O–H groups in total. The lowest BCUT2D eigenvalue weighted by Gasteiger charge is -2.09. The van der Waals surface area contributed by atoms with Crippen molar-refractivity contribution < 1.29 is 4.74 Å². The Labute approximate surface area is 110 Å². The summed E-state index contributed by atoms with van der Waals surface area (Å²) in [6, 6.07) is 7.70. The summed E-state index contributed by atoms with van der Waals surface area (Å²) in [6.07, 6.45) is 1.97. The normalized spacial score (nSPS) is 10.2. The van der Waals surface area contributed by atoms with Gasteiger partial charge in [-0.15, -0.1) is 0 Å². The fourth-order valence-electron chi connectivity index (χ4n) is 1.62. The van der Waals surface area contributed by atoms with E-state index < -0.39 is 0 Å². The Morgan fingerprint density at radius 2 is 2.00 bits per heavy atom. The molecule has 0 unspecified atom stereocenters. The molecule has 0 aliphatic heterocycles. The number of ether oxygens (including phenoxy) is 1. The molecule has 6 heteroatoms. The van der Waals surface area contributed by atoms with Crippen molar-refractivity contribution in [2.24, 2.45) is 5.84 Å². The van der Waals surface area contributed by atoms with E-state index in [9.17, 15) is 0 Å². The van der Waals surface area contributed by atoms with Crippen LogP contribution >= 0.6 is 11.6 Å². The summed E-state index contributed by atoms with van der Waals surface area (Å²) in [5, 5.41) is 0.397. The average molecular weight is 265 g/mol. The second-order valence-electron chi connectivity index (χ2n) is 3.66. The molecule has 2 rings (SSSR count). The van der Waals surface area contributed by atoms with Gasteiger partial charge in [-0.3, -0.25) is 0 Å². The van der Waals surface area contributed by atoms with E-state index in [0.717, 1.165) is 16.9 Å². The van der Waals surface area contributed by atoms with Gasteiger partial charge in [0.15, 0.2) is 0 Å². The quantitative estimate of drug-likeness (QED) is 0.502. The van der Waals surface area contributed by atoms with Gasteiger partial charge >= 0.3 is 0 Å². The van der Waals surface area contributed by atoms with Gasteiger partial charge in [0.25, 0.3) is 0 Å². The van der Waals surface area contributed by atoms with Gasteiger partial charge < -0.3 is 10.2 Å². The van der Waals surface area contributed by atoms with E-state index in [0.29, 0.717) is 17.4 Å². The zero-order valence-electron chi connectivity index (χ0n) is 9.85. The zero-order valence-corrected chi connectivity index (χ0v) is 10.6. The number of anilines is 1. The highest BCUT2D eigenvalue weighted by Gasteiger charge is 2.09. The Hall–Kier alpha value is -1.85. The van der Waals surface area contributed by atoms with E-state index >= 15 is 0 Å². The van der Waals surface area contributed by atoms with Crippen LogP contribution in [0, 0.1) is 0 Å². The van der Waals surface area contributed by atoms with E-state index in [1.165, 1.54) is 6.33 Å². The molecular weight excluding hydrogens is 252 g/mol. The summed E-state index contributed by atoms with van der Waals surface area (Å²) in [5.41, 5.74) is 4.36. The molecule has 0 saturated carbocycles. The highest BCUT2D eigenvalue weighted by Crippen LogP contribution is 2.23. The average Bonchev–Trinajstić information content (AvgIpc) is 2.42. The van der Waals surface area contributed by atoms with Crippen LogP contribution < -0.4 is 16.0 Å². The summed E-state index contributed by atoms with van der Waals surface area (Å²) in [7, 11) is 1.63. The van der Waals surface area contributed by atoms with Crippen LogP contribution in [0.3, 0.4) is 0 Å². The Kier molecular flexibility index (Phi) is 3.96. The molecular formula is C12H13ClN4O. The molecule has 1 aromatic heterocycles. The van der Waals surface area contributed by atoms with Crippen molar-refractivity contribution in [1.29, 1.82) is 0 Å². The van der Waals surface area contributed by atoms with Crippen LogP contribution in [0.1, 0.15) is 11.1 Å². The zero-order chi connectivity index (χ0) is 13.0. The summed E-state index contributed by atoms with van der Waals surface area (Å²) >= 11 is 6.05. The van der Waals surface area contributed by atoms with Gasteiger partial charge in [-0.1, -0.05) is 23.7 Å². The topological polar surface area (TPSA) is 73.1 Å². The van der Waals surface area contributed by atoms with Gasteiger partial charge in [0.05, 0.1) is 7.11 Å². The Morgan fingerprint density at radius 3 is 2.61 bits per heavy atom. The van der Waals surface area contributed by atoms with Crippen molar-refractivity contribution in [3.63, 3.8) is 0 Å². The molecule has 18 heavy (non-hydrogen) atoms. The smallest absolute Gasteiger partial charge is 0.148 e. The van der Waals surface area contributed by atoms with Gasteiger partial charge in [0, 0.05) is 12.0 Å². The number of nitrogens with two attached hydrogens (primary N) is 1. The summed E-state index contributed by atoms with van der Waals surface area (Å²) in [6.45, 7) is 0. The van der Waals surface area contributed by atoms with Crippen molar-refractivity contribution in [1.82, 2.24) is 9.97 Å². The van der Waals surface area contributed by atoms with E-state index in [4.69, 9.17) is 22.2 Å². The lowest BCUT2D eigenvalue weighted by molar-refractivity contribution is 0.414. The predicted molar refractivity (Wildman–Crippen MR) is 70.7 cm³/mol. The van der Waals surface area contributed by atoms with Crippen molar-refractivity contribution in [3.05, 3.63) is 46.9 Å². The molecule has 0 aliphatic carbocycles. The number of nitrogen functional groups attached to an aromatic ring is 1. The van der Waals surface area contributed by atoms with E-state index in [1.807, 2.05) is 24.3 Å². The maximum Gasteiger partial charge on any atom is 0.148 e. The minimum atomic E-state index is 0.397. The van der Waals surface area contributed by atoms with Crippen LogP contribution in [0.2, 0.25) is 5.15 Å². The number of rotatable bonds is 4. The number of halogens is 1. The Balaban J connectivity index is 2.27. The number of methoxy groups -OCH3 is 1. The second kappa shape index (κ2) is 5.66. The molecule has 0 spiro atoms. The maximum absolute atomic E-state index is 6.05. The van der Waals surface area contributed by atoms with Crippen molar-refractivity contribution in [2.75, 3.05) is 12.5 Å². The monoisotopic (exact) mass is 264 g/mol. The third-order valence-electron chi connectivity index (χ3n) is 2.57. The second-order valence-corrected chi connectivity index (χ2v) is 4.02. The van der Waals surface area contributed by atoms with Crippen molar-refractivity contribution >= 4 is 17.4 Å². The first-order valence-electron chi connectivity index (χ1n) is 5.33. The molecule has 0 fully saturated rings. The lowest BCUT2D eigenvalue weighted by atomic mass is 10.1. The third kappa shape index (κ3) is 2.69. The summed E-state index contributed by atoms with van der Waals surface area (Å²) < 4.78 is 5.10. The number of hydrazine groups is 1. The largest absolute Gasteiger partial charge is 0.497 e. The standard InChI is InChI=1S/C12H13ClN4O/c1-18-9-4-2-8(3-5-9)6-10-11(13)15-7-16-12(10)17-14/h2-5,7H,6,14H2,1H3,(H,15,16,17). The highest BCUT2D eigenvalue weighted by molar-refractivity contribution is 6.30. The van der Waals surface area contributed by atoms with Crippen LogP contribution in [0.4, 0.5) is 5.82 Å². The van der Waals surface area contributed by atoms with Crippen molar-refractivity contribution in [3.8, 4) is 5.75 Å². The van der Waals surface area contributed by atoms with Gasteiger partial charge in [0.1, 0.15) is 23.0 Å². The molecule has 1 heterocycles. The summed E-state index contributed by atoms with van der Waals surface area (Å²) in [4.78, 5) is 7.98. The van der Waals surface area contributed by atoms with Crippen molar-refractivity contribution in [2.45, 2.75) is 6.42 Å². The van der Waals surface area contributed by atoms with Gasteiger partial charge in [-0.05, 0) is 17.7 Å². The summed E-state index contributed by atoms with van der Waals surface area (Å²) in [5.74, 6) is 6.74. The van der Waals surface area contributed by atoms with Crippen LogP contribution in [0.5, 0.6) is 5.75 Å². The first-order valence-corrected chi connectivity index (χ1v) is 5.71. The predicted octanol–water partition coefficient (Wildman–Crippen LogP) is 2.01. The van der Waals surface area contributed by atoms with Crippen LogP contribution in [-0.4, -0.2) is 17.1 Å². The van der Waals surface area contributed by atoms with Crippen LogP contribution in [0.15, 0.2) is 30.6 Å². The molecule has 0 aliphatic rings. The maximum atomic E-state index is 6.05. The fourth-order valence-corrected chi connectivity index (χ4v) is 1.82. The molecule has 0 saturated heterocycles. The highest BCUT2D eigenvalue weighted by atomic mass is 35.5. The SMILES string of the molecule is COc1ccc(Cc2c(Cl)ncnc2NN)cc1. The first kappa shape index (κ1) is 12.6. The first-order chi connectivity index (χ1) is 8.74. The van der Waals surface area contributed by atoms with Gasteiger partial charge in [-0.25, -0.2) is 15.8 Å². The molecule has 0 bridgehead atoms. The van der Waals surface area contributed by atoms with Gasteiger partial charge in [0.2, 0.25) is 0 Å². The number of hydrogen-bond donors (Lipinski definition) is 2. The Morgan fingerprint density at radius 1 is 1.28 bits per heavy atom. The van der Waals surface area contributed by atoms with E-state index in [2.05, 4.69) is 15.4 Å². The van der Waals surface area contributed by atoms with Crippen LogP contribution in [0.25, 0.3) is 0 Å². The molecule has 0 atom stereocenters. The molecule has 0 radical (unpaired) electrons. The number of aromatic nitrogens is 2. The van der Waals surface area contributed by atoms with E-state index in [-0.39, 0.29) is 0 Å². The van der Waals surface area contributed by atoms with Gasteiger partial charge in [-0.2, -0.15) is 0 Å². The molecule has 1 aromatic carbocycles. The minimum absolute atomic E-state index is 0.397. The molecule has 2 aromatic rings.